The fraction of sp³-hybridized carbons (Fsp3) is 0.929. The maximum Gasteiger partial charge on any atom is 0.241 e. The van der Waals surface area contributed by atoms with Crippen molar-refractivity contribution in [3.8, 4) is 0 Å². The van der Waals surface area contributed by atoms with E-state index in [1.807, 2.05) is 4.90 Å². The van der Waals surface area contributed by atoms with Crippen LogP contribution in [0.5, 0.6) is 0 Å². The summed E-state index contributed by atoms with van der Waals surface area (Å²) in [7, 11) is 4.12. The molecule has 0 spiro atoms. The molecule has 4 nitrogen and oxygen atoms in total. The zero-order valence-corrected chi connectivity index (χ0v) is 12.9. The number of hydrogen-bond donors (Lipinski definition) is 1. The highest BCUT2D eigenvalue weighted by atomic mass is 16.2. The first-order valence-corrected chi connectivity index (χ1v) is 6.98. The maximum absolute atomic E-state index is 12.5. The van der Waals surface area contributed by atoms with E-state index < -0.39 is 0 Å². The molecule has 0 aromatic carbocycles. The number of nitrogens with zero attached hydrogens (tertiary/aromatic N) is 2. The Morgan fingerprint density at radius 3 is 2.11 bits per heavy atom. The van der Waals surface area contributed by atoms with E-state index in [1.165, 1.54) is 0 Å². The van der Waals surface area contributed by atoms with Gasteiger partial charge in [0.2, 0.25) is 5.91 Å². The third-order valence-electron chi connectivity index (χ3n) is 3.88. The normalized spacial score (nSPS) is 26.8. The molecule has 1 aliphatic rings. The van der Waals surface area contributed by atoms with E-state index in [1.54, 1.807) is 0 Å². The van der Waals surface area contributed by atoms with Gasteiger partial charge < -0.3 is 9.80 Å². The van der Waals surface area contributed by atoms with Crippen molar-refractivity contribution in [3.63, 3.8) is 0 Å². The molecule has 0 saturated carbocycles. The number of carbonyl (C=O) groups is 1. The number of carbonyl (C=O) groups excluding carboxylic acids is 1. The van der Waals surface area contributed by atoms with Crippen LogP contribution < -0.4 is 5.32 Å². The van der Waals surface area contributed by atoms with Crippen molar-refractivity contribution in [3.05, 3.63) is 0 Å². The fourth-order valence-electron chi connectivity index (χ4n) is 2.34. The average Bonchev–Trinajstić information content (AvgIpc) is 2.56. The van der Waals surface area contributed by atoms with Gasteiger partial charge in [0, 0.05) is 12.6 Å². The smallest absolute Gasteiger partial charge is 0.241 e. The van der Waals surface area contributed by atoms with Gasteiger partial charge in [-0.15, -0.1) is 0 Å². The van der Waals surface area contributed by atoms with E-state index in [0.29, 0.717) is 17.9 Å². The monoisotopic (exact) mass is 255 g/mol. The molecule has 1 amide bonds. The molecule has 1 N–H and O–H groups in total. The first kappa shape index (κ1) is 15.4. The van der Waals surface area contributed by atoms with Crippen molar-refractivity contribution in [2.24, 2.45) is 11.8 Å². The van der Waals surface area contributed by atoms with Crippen LogP contribution in [0.3, 0.4) is 0 Å². The largest absolute Gasteiger partial charge is 0.324 e. The molecule has 1 rings (SSSR count). The highest BCUT2D eigenvalue weighted by Gasteiger charge is 2.41. The molecular weight excluding hydrogens is 226 g/mol. The van der Waals surface area contributed by atoms with E-state index in [-0.39, 0.29) is 18.1 Å². The van der Waals surface area contributed by atoms with Gasteiger partial charge >= 0.3 is 0 Å². The number of rotatable bonds is 5. The van der Waals surface area contributed by atoms with Gasteiger partial charge in [-0.3, -0.25) is 10.1 Å². The van der Waals surface area contributed by atoms with Crippen molar-refractivity contribution in [2.75, 3.05) is 20.6 Å². The summed E-state index contributed by atoms with van der Waals surface area (Å²) in [5.41, 5.74) is 0. The lowest BCUT2D eigenvalue weighted by Gasteiger charge is -2.31. The minimum atomic E-state index is -0.0215. The van der Waals surface area contributed by atoms with Gasteiger partial charge in [-0.05, 0) is 32.9 Å². The SMILES string of the molecule is CC(C)C1NC(C(C)C)N(CC(C)N(C)C)C1=O. The summed E-state index contributed by atoms with van der Waals surface area (Å²) >= 11 is 0. The fourth-order valence-corrected chi connectivity index (χ4v) is 2.34. The third-order valence-corrected chi connectivity index (χ3v) is 3.88. The van der Waals surface area contributed by atoms with Crippen LogP contribution in [0.2, 0.25) is 0 Å². The van der Waals surface area contributed by atoms with Crippen LogP contribution in [0.15, 0.2) is 0 Å². The van der Waals surface area contributed by atoms with Crippen LogP contribution in [0.1, 0.15) is 34.6 Å². The van der Waals surface area contributed by atoms with Crippen molar-refractivity contribution in [1.82, 2.24) is 15.1 Å². The van der Waals surface area contributed by atoms with Crippen LogP contribution in [-0.2, 0) is 4.79 Å². The Kier molecular flexibility index (Phi) is 5.17. The van der Waals surface area contributed by atoms with Crippen LogP contribution in [0.4, 0.5) is 0 Å². The van der Waals surface area contributed by atoms with Crippen LogP contribution in [-0.4, -0.2) is 54.6 Å². The second-order valence-electron chi connectivity index (χ2n) is 6.38. The average molecular weight is 255 g/mol. The molecule has 106 valence electrons. The first-order chi connectivity index (χ1) is 8.25. The quantitative estimate of drug-likeness (QED) is 0.806. The molecule has 0 aromatic heterocycles. The molecule has 1 aliphatic heterocycles. The predicted molar refractivity (Wildman–Crippen MR) is 75.2 cm³/mol. The summed E-state index contributed by atoms with van der Waals surface area (Å²) in [5, 5.41) is 3.49. The molecule has 0 aromatic rings. The van der Waals surface area contributed by atoms with Crippen LogP contribution >= 0.6 is 0 Å². The Morgan fingerprint density at radius 1 is 1.17 bits per heavy atom. The lowest BCUT2D eigenvalue weighted by Crippen LogP contribution is -2.47. The number of likely N-dealkylation sites (N-methyl/N-ethyl adjacent to an activating group) is 1. The minimum absolute atomic E-state index is 0.0215. The van der Waals surface area contributed by atoms with Crippen LogP contribution in [0.25, 0.3) is 0 Å². The molecule has 3 atom stereocenters. The molecule has 3 unspecified atom stereocenters. The Hall–Kier alpha value is -0.610. The predicted octanol–water partition coefficient (Wildman–Crippen LogP) is 1.37. The number of nitrogens with one attached hydrogen (secondary N) is 1. The standard InChI is InChI=1S/C14H29N3O/c1-9(2)12-14(18)17(8-11(5)16(6)7)13(15-12)10(3)4/h9-13,15H,8H2,1-7H3. The topological polar surface area (TPSA) is 35.6 Å². The van der Waals surface area contributed by atoms with E-state index in [9.17, 15) is 4.79 Å². The van der Waals surface area contributed by atoms with E-state index in [0.717, 1.165) is 6.54 Å². The molecule has 0 aliphatic carbocycles. The molecule has 1 saturated heterocycles. The molecular formula is C14H29N3O. The maximum atomic E-state index is 12.5. The van der Waals surface area contributed by atoms with Gasteiger partial charge in [0.25, 0.3) is 0 Å². The Balaban J connectivity index is 2.81. The highest BCUT2D eigenvalue weighted by molar-refractivity contribution is 5.84. The second-order valence-corrected chi connectivity index (χ2v) is 6.38. The van der Waals surface area contributed by atoms with E-state index >= 15 is 0 Å². The molecule has 0 radical (unpaired) electrons. The van der Waals surface area contributed by atoms with Gasteiger partial charge in [-0.2, -0.15) is 0 Å². The zero-order chi connectivity index (χ0) is 14.0. The molecule has 1 fully saturated rings. The van der Waals surface area contributed by atoms with Gasteiger partial charge in [0.1, 0.15) is 0 Å². The first-order valence-electron chi connectivity index (χ1n) is 6.98. The minimum Gasteiger partial charge on any atom is -0.324 e. The summed E-state index contributed by atoms with van der Waals surface area (Å²) in [6.07, 6.45) is 0.173. The molecule has 18 heavy (non-hydrogen) atoms. The zero-order valence-electron chi connectivity index (χ0n) is 12.9. The Morgan fingerprint density at radius 2 is 1.72 bits per heavy atom. The van der Waals surface area contributed by atoms with E-state index in [4.69, 9.17) is 0 Å². The number of amides is 1. The summed E-state index contributed by atoms with van der Waals surface area (Å²) in [6, 6.07) is 0.356. The Bertz CT molecular complexity index is 289. The van der Waals surface area contributed by atoms with E-state index in [2.05, 4.69) is 58.9 Å². The summed E-state index contributed by atoms with van der Waals surface area (Å²) in [4.78, 5) is 16.7. The third kappa shape index (κ3) is 3.23. The van der Waals surface area contributed by atoms with Crippen LogP contribution in [0, 0.1) is 11.8 Å². The summed E-state index contributed by atoms with van der Waals surface area (Å²) in [6.45, 7) is 11.5. The van der Waals surface area contributed by atoms with Crippen molar-refractivity contribution in [2.45, 2.75) is 52.9 Å². The second kappa shape index (κ2) is 6.02. The number of hydrogen-bond acceptors (Lipinski definition) is 3. The van der Waals surface area contributed by atoms with Gasteiger partial charge in [-0.25, -0.2) is 0 Å². The van der Waals surface area contributed by atoms with Crippen molar-refractivity contribution in [1.29, 1.82) is 0 Å². The van der Waals surface area contributed by atoms with Gasteiger partial charge in [0.05, 0.1) is 12.2 Å². The summed E-state index contributed by atoms with van der Waals surface area (Å²) in [5.74, 6) is 1.04. The van der Waals surface area contributed by atoms with Gasteiger partial charge in [-0.1, -0.05) is 27.7 Å². The molecule has 1 heterocycles. The molecule has 4 heteroatoms. The lowest BCUT2D eigenvalue weighted by molar-refractivity contribution is -0.131. The van der Waals surface area contributed by atoms with Crippen molar-refractivity contribution >= 4 is 5.91 Å². The van der Waals surface area contributed by atoms with Crippen molar-refractivity contribution < 1.29 is 4.79 Å². The lowest BCUT2D eigenvalue weighted by atomic mass is 10.0. The van der Waals surface area contributed by atoms with Gasteiger partial charge in [0.15, 0.2) is 0 Å². The Labute approximate surface area is 112 Å². The summed E-state index contributed by atoms with van der Waals surface area (Å²) < 4.78 is 0. The highest BCUT2D eigenvalue weighted by Crippen LogP contribution is 2.22. The molecule has 0 bridgehead atoms.